The van der Waals surface area contributed by atoms with Gasteiger partial charge in [0, 0.05) is 20.1 Å². The molecule has 0 rings (SSSR count). The molecule has 32 heavy (non-hydrogen) atoms. The molecule has 1 amide bonds. The highest BCUT2D eigenvalue weighted by atomic mass is 16.6. The zero-order valence-corrected chi connectivity index (χ0v) is 21.1. The summed E-state index contributed by atoms with van der Waals surface area (Å²) in [6, 6.07) is 0. The van der Waals surface area contributed by atoms with Crippen LogP contribution in [-0.4, -0.2) is 135 Å². The first kappa shape index (κ1) is 31.0. The molecule has 10 nitrogen and oxygen atoms in total. The van der Waals surface area contributed by atoms with Crippen LogP contribution in [0.4, 0.5) is 4.79 Å². The largest absolute Gasteiger partial charge is 0.444 e. The lowest BCUT2D eigenvalue weighted by atomic mass is 10.2. The first-order valence-corrected chi connectivity index (χ1v) is 11.3. The molecule has 0 N–H and O–H groups in total. The van der Waals surface area contributed by atoms with E-state index in [0.717, 1.165) is 6.54 Å². The van der Waals surface area contributed by atoms with Crippen molar-refractivity contribution in [3.05, 3.63) is 0 Å². The van der Waals surface area contributed by atoms with Gasteiger partial charge in [0.1, 0.15) is 5.60 Å². The summed E-state index contributed by atoms with van der Waals surface area (Å²) in [5.74, 6) is 0. The van der Waals surface area contributed by atoms with Crippen LogP contribution in [-0.2, 0) is 33.2 Å². The number of carbonyl (C=O) groups excluding carboxylic acids is 1. The van der Waals surface area contributed by atoms with E-state index in [-0.39, 0.29) is 6.09 Å². The van der Waals surface area contributed by atoms with Crippen molar-refractivity contribution in [1.82, 2.24) is 9.80 Å². The Labute approximate surface area is 194 Å². The molecule has 0 heterocycles. The van der Waals surface area contributed by atoms with Crippen LogP contribution in [0.3, 0.4) is 0 Å². The van der Waals surface area contributed by atoms with E-state index in [1.54, 1.807) is 7.05 Å². The molecule has 10 heteroatoms. The normalized spacial score (nSPS) is 11.8. The fourth-order valence-electron chi connectivity index (χ4n) is 2.08. The molecule has 0 aromatic carbocycles. The molecule has 0 atom stereocenters. The fraction of sp³-hybridized carbons (Fsp3) is 0.955. The highest BCUT2D eigenvalue weighted by Crippen LogP contribution is 2.08. The van der Waals surface area contributed by atoms with E-state index in [1.165, 1.54) is 4.90 Å². The quantitative estimate of drug-likeness (QED) is 0.234. The molecule has 0 fully saturated rings. The molecule has 0 aliphatic carbocycles. The van der Waals surface area contributed by atoms with Crippen molar-refractivity contribution in [2.75, 3.05) is 114 Å². The van der Waals surface area contributed by atoms with Gasteiger partial charge in [-0.3, -0.25) is 0 Å². The predicted octanol–water partition coefficient (Wildman–Crippen LogP) is 1.51. The Hall–Kier alpha value is -1.01. The number of hydrogen-bond acceptors (Lipinski definition) is 9. The summed E-state index contributed by atoms with van der Waals surface area (Å²) in [5.41, 5.74) is -0.496. The molecule has 0 aromatic rings. The molecule has 0 saturated heterocycles. The average Bonchev–Trinajstić information content (AvgIpc) is 2.70. The summed E-state index contributed by atoms with van der Waals surface area (Å²) in [6.07, 6.45) is -0.355. The number of amides is 1. The molecular formula is C22H46N2O8. The fourth-order valence-corrected chi connectivity index (χ4v) is 2.08. The third kappa shape index (κ3) is 23.6. The van der Waals surface area contributed by atoms with Gasteiger partial charge in [0.05, 0.1) is 79.3 Å². The molecule has 0 saturated carbocycles. The Morgan fingerprint density at radius 3 is 1.19 bits per heavy atom. The number of hydrogen-bond donors (Lipinski definition) is 0. The minimum absolute atomic E-state index is 0.355. The average molecular weight is 467 g/mol. The summed E-state index contributed by atoms with van der Waals surface area (Å²) in [5, 5.41) is 0. The molecular weight excluding hydrogens is 420 g/mol. The molecule has 0 aliphatic heterocycles. The van der Waals surface area contributed by atoms with Gasteiger partial charge in [-0.25, -0.2) is 4.79 Å². The third-order valence-corrected chi connectivity index (χ3v) is 3.82. The van der Waals surface area contributed by atoms with Crippen LogP contribution in [0.15, 0.2) is 0 Å². The van der Waals surface area contributed by atoms with Crippen molar-refractivity contribution in [3.63, 3.8) is 0 Å². The Morgan fingerprint density at radius 2 is 0.875 bits per heavy atom. The van der Waals surface area contributed by atoms with Crippen molar-refractivity contribution < 1.29 is 38.0 Å². The maximum atomic E-state index is 11.8. The Kier molecular flexibility index (Phi) is 19.9. The molecule has 0 aliphatic rings. The number of ether oxygens (including phenoxy) is 7. The molecule has 192 valence electrons. The van der Waals surface area contributed by atoms with E-state index in [4.69, 9.17) is 33.2 Å². The van der Waals surface area contributed by atoms with Crippen molar-refractivity contribution in [2.45, 2.75) is 26.4 Å². The zero-order valence-electron chi connectivity index (χ0n) is 21.1. The van der Waals surface area contributed by atoms with Crippen LogP contribution in [0.1, 0.15) is 20.8 Å². The number of carbonyl (C=O) groups is 1. The lowest BCUT2D eigenvalue weighted by Gasteiger charge is -2.24. The highest BCUT2D eigenvalue weighted by molar-refractivity contribution is 5.67. The van der Waals surface area contributed by atoms with Crippen LogP contribution < -0.4 is 0 Å². The van der Waals surface area contributed by atoms with Gasteiger partial charge in [-0.15, -0.1) is 0 Å². The van der Waals surface area contributed by atoms with Gasteiger partial charge < -0.3 is 43.0 Å². The molecule has 0 unspecified atom stereocenters. The minimum Gasteiger partial charge on any atom is -0.444 e. The molecule has 0 radical (unpaired) electrons. The summed E-state index contributed by atoms with van der Waals surface area (Å²) < 4.78 is 37.9. The van der Waals surface area contributed by atoms with Crippen LogP contribution in [0.2, 0.25) is 0 Å². The monoisotopic (exact) mass is 466 g/mol. The van der Waals surface area contributed by atoms with Gasteiger partial charge >= 0.3 is 6.09 Å². The summed E-state index contributed by atoms with van der Waals surface area (Å²) in [6.45, 7) is 13.3. The van der Waals surface area contributed by atoms with Crippen LogP contribution in [0, 0.1) is 0 Å². The van der Waals surface area contributed by atoms with E-state index in [0.29, 0.717) is 85.8 Å². The zero-order chi connectivity index (χ0) is 24.1. The maximum Gasteiger partial charge on any atom is 0.410 e. The number of nitrogens with zero attached hydrogens (tertiary/aromatic N) is 2. The Morgan fingerprint density at radius 1 is 0.562 bits per heavy atom. The van der Waals surface area contributed by atoms with E-state index in [1.807, 2.05) is 34.9 Å². The van der Waals surface area contributed by atoms with Gasteiger partial charge in [0.25, 0.3) is 0 Å². The second kappa shape index (κ2) is 20.6. The molecule has 0 bridgehead atoms. The topological polar surface area (TPSA) is 88.2 Å². The van der Waals surface area contributed by atoms with Gasteiger partial charge in [-0.05, 0) is 34.9 Å². The summed E-state index contributed by atoms with van der Waals surface area (Å²) >= 11 is 0. The SMILES string of the molecule is CN(C)CCOCCOCCOCCOCCOCCOCCN(C)C(=O)OC(C)(C)C. The lowest BCUT2D eigenvalue weighted by Crippen LogP contribution is -2.36. The van der Waals surface area contributed by atoms with Crippen LogP contribution in [0.5, 0.6) is 0 Å². The highest BCUT2D eigenvalue weighted by Gasteiger charge is 2.19. The van der Waals surface area contributed by atoms with Gasteiger partial charge in [-0.1, -0.05) is 0 Å². The maximum absolute atomic E-state index is 11.8. The van der Waals surface area contributed by atoms with Crippen LogP contribution >= 0.6 is 0 Å². The smallest absolute Gasteiger partial charge is 0.410 e. The van der Waals surface area contributed by atoms with E-state index in [2.05, 4.69) is 4.90 Å². The molecule has 0 spiro atoms. The predicted molar refractivity (Wildman–Crippen MR) is 122 cm³/mol. The molecule has 0 aromatic heterocycles. The van der Waals surface area contributed by atoms with Crippen molar-refractivity contribution >= 4 is 6.09 Å². The Bertz CT molecular complexity index is 433. The van der Waals surface area contributed by atoms with Gasteiger partial charge in [-0.2, -0.15) is 0 Å². The second-order valence-corrected chi connectivity index (χ2v) is 8.38. The van der Waals surface area contributed by atoms with Crippen molar-refractivity contribution in [2.24, 2.45) is 0 Å². The van der Waals surface area contributed by atoms with Crippen molar-refractivity contribution in [1.29, 1.82) is 0 Å². The minimum atomic E-state index is -0.496. The van der Waals surface area contributed by atoms with Crippen LogP contribution in [0.25, 0.3) is 0 Å². The second-order valence-electron chi connectivity index (χ2n) is 8.38. The van der Waals surface area contributed by atoms with Crippen molar-refractivity contribution in [3.8, 4) is 0 Å². The van der Waals surface area contributed by atoms with Gasteiger partial charge in [0.15, 0.2) is 0 Å². The summed E-state index contributed by atoms with van der Waals surface area (Å²) in [4.78, 5) is 15.4. The number of likely N-dealkylation sites (N-methyl/N-ethyl adjacent to an activating group) is 2. The van der Waals surface area contributed by atoms with E-state index < -0.39 is 5.60 Å². The lowest BCUT2D eigenvalue weighted by molar-refractivity contribution is -0.0182. The van der Waals surface area contributed by atoms with E-state index >= 15 is 0 Å². The standard InChI is InChI=1S/C22H46N2O8/c1-22(2,3)32-21(25)24(6)8-10-27-12-14-29-16-18-31-20-19-30-17-15-28-13-11-26-9-7-23(4)5/h7-20H2,1-6H3. The first-order valence-electron chi connectivity index (χ1n) is 11.3. The first-order chi connectivity index (χ1) is 15.2. The third-order valence-electron chi connectivity index (χ3n) is 3.82. The Balaban J connectivity index is 3.22. The van der Waals surface area contributed by atoms with E-state index in [9.17, 15) is 4.79 Å². The van der Waals surface area contributed by atoms with Gasteiger partial charge in [0.2, 0.25) is 0 Å². The number of rotatable bonds is 21. The summed E-state index contributed by atoms with van der Waals surface area (Å²) in [7, 11) is 5.72.